The third-order valence-corrected chi connectivity index (χ3v) is 6.11. The molecule has 2 aromatic heterocycles. The lowest BCUT2D eigenvalue weighted by Crippen LogP contribution is -2.46. The molecule has 5 rings (SSSR count). The van der Waals surface area contributed by atoms with Crippen LogP contribution in [0.1, 0.15) is 11.5 Å². The average Bonchev–Trinajstić information content (AvgIpc) is 3.35. The Morgan fingerprint density at radius 3 is 2.68 bits per heavy atom. The van der Waals surface area contributed by atoms with Gasteiger partial charge in [0.05, 0.1) is 16.8 Å². The minimum atomic E-state index is 0.590. The number of anilines is 1. The monoisotopic (exact) mass is 391 g/mol. The van der Waals surface area contributed by atoms with E-state index in [1.807, 2.05) is 18.2 Å². The highest BCUT2D eigenvalue weighted by molar-refractivity contribution is 7.22. The highest BCUT2D eigenvalue weighted by Gasteiger charge is 2.21. The van der Waals surface area contributed by atoms with E-state index in [2.05, 4.69) is 57.3 Å². The van der Waals surface area contributed by atoms with Gasteiger partial charge in [0.1, 0.15) is 0 Å². The Balaban J connectivity index is 1.22. The molecule has 7 heteroatoms. The molecule has 0 unspecified atom stereocenters. The minimum absolute atomic E-state index is 0.590. The molecule has 0 amide bonds. The van der Waals surface area contributed by atoms with E-state index in [4.69, 9.17) is 9.40 Å². The first-order valence-corrected chi connectivity index (χ1v) is 10.3. The van der Waals surface area contributed by atoms with Crippen molar-refractivity contribution in [2.24, 2.45) is 0 Å². The SMILES string of the molecule is Cc1cccc(-c2nnc(CN3CCN(c4nc5ccccc5s4)CC3)o2)c1. The molecule has 1 aliphatic rings. The van der Waals surface area contributed by atoms with E-state index in [1.54, 1.807) is 11.3 Å². The number of para-hydroxylation sites is 1. The van der Waals surface area contributed by atoms with Crippen molar-refractivity contribution >= 4 is 26.7 Å². The van der Waals surface area contributed by atoms with Crippen molar-refractivity contribution in [3.8, 4) is 11.5 Å². The van der Waals surface area contributed by atoms with E-state index in [9.17, 15) is 0 Å². The van der Waals surface area contributed by atoms with Crippen molar-refractivity contribution in [2.75, 3.05) is 31.1 Å². The molecule has 6 nitrogen and oxygen atoms in total. The number of hydrogen-bond donors (Lipinski definition) is 0. The van der Waals surface area contributed by atoms with Gasteiger partial charge in [0.2, 0.25) is 11.8 Å². The van der Waals surface area contributed by atoms with Crippen LogP contribution < -0.4 is 4.90 Å². The van der Waals surface area contributed by atoms with Crippen molar-refractivity contribution in [1.82, 2.24) is 20.1 Å². The Labute approximate surface area is 167 Å². The number of hydrogen-bond acceptors (Lipinski definition) is 7. The van der Waals surface area contributed by atoms with Gasteiger partial charge in [0.25, 0.3) is 0 Å². The third-order valence-electron chi connectivity index (χ3n) is 5.02. The van der Waals surface area contributed by atoms with Gasteiger partial charge in [-0.15, -0.1) is 10.2 Å². The maximum absolute atomic E-state index is 5.89. The number of piperazine rings is 1. The fraction of sp³-hybridized carbons (Fsp3) is 0.286. The van der Waals surface area contributed by atoms with Gasteiger partial charge in [-0.25, -0.2) is 4.98 Å². The van der Waals surface area contributed by atoms with Gasteiger partial charge in [-0.1, -0.05) is 41.2 Å². The lowest BCUT2D eigenvalue weighted by atomic mass is 10.1. The normalized spacial score (nSPS) is 15.4. The number of aryl methyl sites for hydroxylation is 1. The first-order chi connectivity index (χ1) is 13.7. The number of aromatic nitrogens is 3. The predicted molar refractivity (Wildman–Crippen MR) is 112 cm³/mol. The van der Waals surface area contributed by atoms with Crippen LogP contribution in [0.5, 0.6) is 0 Å². The van der Waals surface area contributed by atoms with E-state index in [-0.39, 0.29) is 0 Å². The van der Waals surface area contributed by atoms with E-state index >= 15 is 0 Å². The highest BCUT2D eigenvalue weighted by atomic mass is 32.1. The second kappa shape index (κ2) is 7.33. The molecule has 0 spiro atoms. The van der Waals surface area contributed by atoms with Gasteiger partial charge in [-0.2, -0.15) is 0 Å². The summed E-state index contributed by atoms with van der Waals surface area (Å²) < 4.78 is 7.14. The molecular weight excluding hydrogens is 370 g/mol. The zero-order chi connectivity index (χ0) is 18.9. The van der Waals surface area contributed by atoms with Crippen LogP contribution in [0.4, 0.5) is 5.13 Å². The Morgan fingerprint density at radius 2 is 1.86 bits per heavy atom. The van der Waals surface area contributed by atoms with Gasteiger partial charge >= 0.3 is 0 Å². The van der Waals surface area contributed by atoms with Crippen LogP contribution in [0, 0.1) is 6.92 Å². The quantitative estimate of drug-likeness (QED) is 0.525. The number of nitrogens with zero attached hydrogens (tertiary/aromatic N) is 5. The van der Waals surface area contributed by atoms with Crippen LogP contribution in [0.25, 0.3) is 21.7 Å². The Bertz CT molecular complexity index is 1060. The molecule has 1 aliphatic heterocycles. The van der Waals surface area contributed by atoms with E-state index < -0.39 is 0 Å². The fourth-order valence-electron chi connectivity index (χ4n) is 3.50. The molecule has 142 valence electrons. The predicted octanol–water partition coefficient (Wildman–Crippen LogP) is 3.98. The molecule has 1 fully saturated rings. The summed E-state index contributed by atoms with van der Waals surface area (Å²) in [6, 6.07) is 16.5. The van der Waals surface area contributed by atoms with Crippen molar-refractivity contribution in [1.29, 1.82) is 0 Å². The zero-order valence-corrected chi connectivity index (χ0v) is 16.5. The Morgan fingerprint density at radius 1 is 1.00 bits per heavy atom. The molecule has 0 atom stereocenters. The van der Waals surface area contributed by atoms with Gasteiger partial charge in [0.15, 0.2) is 5.13 Å². The standard InChI is InChI=1S/C21H21N5OS/c1-15-5-4-6-16(13-15)20-24-23-19(27-20)14-25-9-11-26(12-10-25)21-22-17-7-2-3-8-18(17)28-21/h2-8,13H,9-12,14H2,1H3. The van der Waals surface area contributed by atoms with Gasteiger partial charge in [-0.05, 0) is 31.2 Å². The van der Waals surface area contributed by atoms with Gasteiger partial charge in [0, 0.05) is 31.7 Å². The van der Waals surface area contributed by atoms with Crippen molar-refractivity contribution in [3.63, 3.8) is 0 Å². The molecule has 0 saturated carbocycles. The van der Waals surface area contributed by atoms with Crippen LogP contribution in [0.15, 0.2) is 52.9 Å². The van der Waals surface area contributed by atoms with Crippen LogP contribution in [-0.2, 0) is 6.54 Å². The molecule has 2 aromatic carbocycles. The summed E-state index contributed by atoms with van der Waals surface area (Å²) in [7, 11) is 0. The number of fused-ring (bicyclic) bond motifs is 1. The van der Waals surface area contributed by atoms with E-state index in [0.717, 1.165) is 42.4 Å². The fourth-order valence-corrected chi connectivity index (χ4v) is 4.51. The maximum atomic E-state index is 5.89. The minimum Gasteiger partial charge on any atom is -0.419 e. The maximum Gasteiger partial charge on any atom is 0.247 e. The van der Waals surface area contributed by atoms with Crippen LogP contribution in [-0.4, -0.2) is 46.3 Å². The summed E-state index contributed by atoms with van der Waals surface area (Å²) in [4.78, 5) is 9.50. The third kappa shape index (κ3) is 3.50. The van der Waals surface area contributed by atoms with Gasteiger partial charge < -0.3 is 9.32 Å². The van der Waals surface area contributed by atoms with E-state index in [1.165, 1.54) is 10.3 Å². The molecule has 0 bridgehead atoms. The number of benzene rings is 2. The summed E-state index contributed by atoms with van der Waals surface area (Å²) in [5.74, 6) is 1.26. The smallest absolute Gasteiger partial charge is 0.247 e. The lowest BCUT2D eigenvalue weighted by molar-refractivity contribution is 0.227. The van der Waals surface area contributed by atoms with Crippen molar-refractivity contribution in [3.05, 3.63) is 60.0 Å². The molecule has 3 heterocycles. The molecule has 1 saturated heterocycles. The second-order valence-corrected chi connectivity index (χ2v) is 8.11. The number of thiazole rings is 1. The first kappa shape index (κ1) is 17.3. The molecular formula is C21H21N5OS. The Hall–Kier alpha value is -2.77. The molecule has 0 N–H and O–H groups in total. The number of rotatable bonds is 4. The molecule has 4 aromatic rings. The summed E-state index contributed by atoms with van der Waals surface area (Å²) in [6.45, 7) is 6.58. The molecule has 0 aliphatic carbocycles. The topological polar surface area (TPSA) is 58.3 Å². The molecule has 0 radical (unpaired) electrons. The van der Waals surface area contributed by atoms with Crippen LogP contribution >= 0.6 is 11.3 Å². The second-order valence-electron chi connectivity index (χ2n) is 7.10. The summed E-state index contributed by atoms with van der Waals surface area (Å²) in [5, 5.41) is 9.57. The zero-order valence-electron chi connectivity index (χ0n) is 15.7. The molecule has 28 heavy (non-hydrogen) atoms. The largest absolute Gasteiger partial charge is 0.419 e. The average molecular weight is 392 g/mol. The summed E-state index contributed by atoms with van der Waals surface area (Å²) >= 11 is 1.77. The highest BCUT2D eigenvalue weighted by Crippen LogP contribution is 2.29. The van der Waals surface area contributed by atoms with E-state index in [0.29, 0.717) is 18.3 Å². The van der Waals surface area contributed by atoms with Crippen molar-refractivity contribution in [2.45, 2.75) is 13.5 Å². The summed E-state index contributed by atoms with van der Waals surface area (Å²) in [6.07, 6.45) is 0. The first-order valence-electron chi connectivity index (χ1n) is 9.47. The van der Waals surface area contributed by atoms with Crippen LogP contribution in [0.3, 0.4) is 0 Å². The van der Waals surface area contributed by atoms with Crippen molar-refractivity contribution < 1.29 is 4.42 Å². The Kier molecular flexibility index (Phi) is 4.54. The summed E-state index contributed by atoms with van der Waals surface area (Å²) in [5.41, 5.74) is 3.24. The van der Waals surface area contributed by atoms with Crippen LogP contribution in [0.2, 0.25) is 0 Å². The lowest BCUT2D eigenvalue weighted by Gasteiger charge is -2.33. The van der Waals surface area contributed by atoms with Gasteiger partial charge in [-0.3, -0.25) is 4.90 Å².